The van der Waals surface area contributed by atoms with Crippen LogP contribution < -0.4 is 16.6 Å². The van der Waals surface area contributed by atoms with Crippen LogP contribution in [-0.4, -0.2) is 20.7 Å². The van der Waals surface area contributed by atoms with Gasteiger partial charge in [-0.25, -0.2) is 10.8 Å². The topological polar surface area (TPSA) is 97.9 Å². The second-order valence-electron chi connectivity index (χ2n) is 4.48. The molecule has 112 valence electrons. The van der Waals surface area contributed by atoms with Gasteiger partial charge in [-0.1, -0.05) is 18.5 Å². The van der Waals surface area contributed by atoms with Crippen LogP contribution in [0.3, 0.4) is 0 Å². The summed E-state index contributed by atoms with van der Waals surface area (Å²) in [6, 6.07) is 3.16. The molecule has 0 saturated heterocycles. The van der Waals surface area contributed by atoms with Crippen LogP contribution in [0.5, 0.6) is 0 Å². The molecule has 21 heavy (non-hydrogen) atoms. The molecule has 0 radical (unpaired) electrons. The van der Waals surface area contributed by atoms with Gasteiger partial charge in [0.2, 0.25) is 0 Å². The van der Waals surface area contributed by atoms with Crippen LogP contribution in [-0.2, 0) is 20.0 Å². The highest BCUT2D eigenvalue weighted by Crippen LogP contribution is 2.16. The van der Waals surface area contributed by atoms with Gasteiger partial charge in [-0.05, 0) is 18.6 Å². The molecule has 0 unspecified atom stereocenters. The van der Waals surface area contributed by atoms with E-state index in [4.69, 9.17) is 17.4 Å². The first kappa shape index (κ1) is 15.3. The number of hydrogen-bond acceptors (Lipinski definition) is 5. The van der Waals surface area contributed by atoms with Crippen molar-refractivity contribution in [3.8, 4) is 0 Å². The molecule has 0 aliphatic carbocycles. The third-order valence-corrected chi connectivity index (χ3v) is 3.28. The summed E-state index contributed by atoms with van der Waals surface area (Å²) in [6.45, 7) is 2.39. The summed E-state index contributed by atoms with van der Waals surface area (Å²) in [7, 11) is 1.85. The Kier molecular flexibility index (Phi) is 4.77. The Labute approximate surface area is 127 Å². The van der Waals surface area contributed by atoms with Crippen LogP contribution in [0.15, 0.2) is 18.3 Å². The number of nitrogens with zero attached hydrogens (tertiary/aromatic N) is 3. The minimum Gasteiger partial charge on any atom is -0.346 e. The van der Waals surface area contributed by atoms with Crippen molar-refractivity contribution < 1.29 is 4.79 Å². The van der Waals surface area contributed by atoms with Crippen LogP contribution >= 0.6 is 11.6 Å². The zero-order chi connectivity index (χ0) is 15.4. The molecule has 2 aromatic heterocycles. The fourth-order valence-electron chi connectivity index (χ4n) is 1.97. The maximum Gasteiger partial charge on any atom is 0.271 e. The smallest absolute Gasteiger partial charge is 0.271 e. The van der Waals surface area contributed by atoms with E-state index in [1.807, 2.05) is 20.2 Å². The highest BCUT2D eigenvalue weighted by Gasteiger charge is 2.14. The molecule has 0 saturated carbocycles. The van der Waals surface area contributed by atoms with Crippen molar-refractivity contribution in [2.75, 3.05) is 5.43 Å². The van der Waals surface area contributed by atoms with Gasteiger partial charge in [0.05, 0.1) is 10.7 Å². The number of hydrazine groups is 1. The highest BCUT2D eigenvalue weighted by atomic mass is 35.5. The summed E-state index contributed by atoms with van der Waals surface area (Å²) >= 11 is 5.98. The second-order valence-corrected chi connectivity index (χ2v) is 4.89. The average molecular weight is 309 g/mol. The molecule has 0 bridgehead atoms. The zero-order valence-electron chi connectivity index (χ0n) is 11.9. The molecular formula is C13H17ClN6O. The molecule has 7 nitrogen and oxygen atoms in total. The summed E-state index contributed by atoms with van der Waals surface area (Å²) in [4.78, 5) is 16.2. The fourth-order valence-corrected chi connectivity index (χ4v) is 2.16. The normalized spacial score (nSPS) is 10.5. The van der Waals surface area contributed by atoms with E-state index in [-0.39, 0.29) is 16.6 Å². The lowest BCUT2D eigenvalue weighted by Crippen LogP contribution is -2.25. The van der Waals surface area contributed by atoms with Crippen LogP contribution in [0, 0.1) is 0 Å². The maximum absolute atomic E-state index is 12.2. The van der Waals surface area contributed by atoms with Crippen molar-refractivity contribution in [1.29, 1.82) is 0 Å². The standard InChI is InChI=1S/C13H17ClN6O/c1-3-10-8(7-20(2)19-10)6-16-13(21)12-9(14)4-5-11(17-12)18-15/h4-5,7H,3,6,15H2,1-2H3,(H,16,21)(H,17,18). The Morgan fingerprint density at radius 1 is 1.48 bits per heavy atom. The number of rotatable bonds is 5. The van der Waals surface area contributed by atoms with Gasteiger partial charge < -0.3 is 10.7 Å². The molecule has 4 N–H and O–H groups in total. The first-order valence-corrected chi connectivity index (χ1v) is 6.85. The van der Waals surface area contributed by atoms with Crippen molar-refractivity contribution in [2.24, 2.45) is 12.9 Å². The molecule has 0 spiro atoms. The van der Waals surface area contributed by atoms with Gasteiger partial charge in [-0.3, -0.25) is 9.48 Å². The molecule has 8 heteroatoms. The van der Waals surface area contributed by atoms with Crippen molar-refractivity contribution in [3.05, 3.63) is 40.3 Å². The van der Waals surface area contributed by atoms with E-state index in [0.29, 0.717) is 12.4 Å². The van der Waals surface area contributed by atoms with Gasteiger partial charge in [0, 0.05) is 25.4 Å². The molecule has 0 aliphatic heterocycles. The predicted octanol–water partition coefficient (Wildman–Crippen LogP) is 1.25. The molecule has 2 aromatic rings. The van der Waals surface area contributed by atoms with E-state index < -0.39 is 0 Å². The summed E-state index contributed by atoms with van der Waals surface area (Å²) in [5, 5.41) is 7.38. The van der Waals surface area contributed by atoms with E-state index in [2.05, 4.69) is 20.8 Å². The van der Waals surface area contributed by atoms with Gasteiger partial charge >= 0.3 is 0 Å². The molecule has 0 atom stereocenters. The second kappa shape index (κ2) is 6.55. The number of nitrogen functional groups attached to an aromatic ring is 1. The van der Waals surface area contributed by atoms with Crippen LogP contribution in [0.4, 0.5) is 5.82 Å². The molecular weight excluding hydrogens is 292 g/mol. The Balaban J connectivity index is 2.11. The predicted molar refractivity (Wildman–Crippen MR) is 80.8 cm³/mol. The molecule has 0 aliphatic rings. The van der Waals surface area contributed by atoms with Gasteiger partial charge in [0.25, 0.3) is 5.91 Å². The number of nitrogens with one attached hydrogen (secondary N) is 2. The monoisotopic (exact) mass is 308 g/mol. The Morgan fingerprint density at radius 3 is 2.90 bits per heavy atom. The number of carbonyl (C=O) groups excluding carboxylic acids is 1. The number of aromatic nitrogens is 3. The van der Waals surface area contributed by atoms with E-state index >= 15 is 0 Å². The maximum atomic E-state index is 12.2. The lowest BCUT2D eigenvalue weighted by Gasteiger charge is -2.07. The quantitative estimate of drug-likeness (QED) is 0.570. The first-order valence-electron chi connectivity index (χ1n) is 6.48. The molecule has 2 rings (SSSR count). The Bertz CT molecular complexity index is 654. The number of pyridine rings is 1. The number of halogens is 1. The SMILES string of the molecule is CCc1nn(C)cc1CNC(=O)c1nc(NN)ccc1Cl. The number of amides is 1. The Hall–Kier alpha value is -2.12. The van der Waals surface area contributed by atoms with Crippen molar-refractivity contribution in [1.82, 2.24) is 20.1 Å². The fraction of sp³-hybridized carbons (Fsp3) is 0.308. The van der Waals surface area contributed by atoms with Crippen LogP contribution in [0.2, 0.25) is 5.02 Å². The molecule has 0 aromatic carbocycles. The Morgan fingerprint density at radius 2 is 2.24 bits per heavy atom. The van der Waals surface area contributed by atoms with Crippen LogP contribution in [0.1, 0.15) is 28.7 Å². The minimum absolute atomic E-state index is 0.133. The largest absolute Gasteiger partial charge is 0.346 e. The number of hydrogen-bond donors (Lipinski definition) is 3. The third-order valence-electron chi connectivity index (χ3n) is 2.98. The van der Waals surface area contributed by atoms with Crippen LogP contribution in [0.25, 0.3) is 0 Å². The van der Waals surface area contributed by atoms with Gasteiger partial charge in [0.15, 0.2) is 0 Å². The van der Waals surface area contributed by atoms with Crippen molar-refractivity contribution >= 4 is 23.3 Å². The zero-order valence-corrected chi connectivity index (χ0v) is 12.6. The third kappa shape index (κ3) is 3.50. The molecule has 2 heterocycles. The van der Waals surface area contributed by atoms with Gasteiger partial charge in [0.1, 0.15) is 11.5 Å². The lowest BCUT2D eigenvalue weighted by molar-refractivity contribution is 0.0946. The minimum atomic E-state index is -0.358. The highest BCUT2D eigenvalue weighted by molar-refractivity contribution is 6.33. The van der Waals surface area contributed by atoms with E-state index in [9.17, 15) is 4.79 Å². The number of anilines is 1. The summed E-state index contributed by atoms with van der Waals surface area (Å²) in [5.41, 5.74) is 4.44. The van der Waals surface area contributed by atoms with Gasteiger partial charge in [-0.15, -0.1) is 0 Å². The van der Waals surface area contributed by atoms with Gasteiger partial charge in [-0.2, -0.15) is 5.10 Å². The summed E-state index contributed by atoms with van der Waals surface area (Å²) < 4.78 is 1.73. The summed E-state index contributed by atoms with van der Waals surface area (Å²) in [6.07, 6.45) is 2.68. The molecule has 1 amide bonds. The number of carbonyl (C=O) groups is 1. The lowest BCUT2D eigenvalue weighted by atomic mass is 10.2. The number of aryl methyl sites for hydroxylation is 2. The number of nitrogens with two attached hydrogens (primary N) is 1. The molecule has 0 fully saturated rings. The van der Waals surface area contributed by atoms with E-state index in [1.165, 1.54) is 0 Å². The average Bonchev–Trinajstić information content (AvgIpc) is 2.85. The van der Waals surface area contributed by atoms with Crippen molar-refractivity contribution in [2.45, 2.75) is 19.9 Å². The van der Waals surface area contributed by atoms with E-state index in [0.717, 1.165) is 17.7 Å². The van der Waals surface area contributed by atoms with Crippen molar-refractivity contribution in [3.63, 3.8) is 0 Å². The summed E-state index contributed by atoms with van der Waals surface area (Å²) in [5.74, 6) is 5.29. The van der Waals surface area contributed by atoms with E-state index in [1.54, 1.807) is 16.8 Å². The first-order chi connectivity index (χ1) is 10.0.